The van der Waals surface area contributed by atoms with Gasteiger partial charge in [-0.2, -0.15) is 0 Å². The molecule has 1 aromatic rings. The summed E-state index contributed by atoms with van der Waals surface area (Å²) in [6.07, 6.45) is 0.279. The molecule has 1 aromatic carbocycles. The number of hydrogen-bond donors (Lipinski definition) is 2. The Hall–Kier alpha value is -1.71. The standard InChI is InChI=1S/C10H12N2O2/c1-2-8-10(13)12-7-5-6(11)3-4-9(7)14-8/h3-5,8H,2,11H2,1H3,(H,12,13). The Bertz CT molecular complexity index is 376. The molecule has 1 aliphatic heterocycles. The molecular formula is C10H12N2O2. The molecule has 0 aromatic heterocycles. The van der Waals surface area contributed by atoms with Crippen LogP contribution in [0.3, 0.4) is 0 Å². The molecule has 1 heterocycles. The van der Waals surface area contributed by atoms with Crippen LogP contribution in [0.15, 0.2) is 18.2 Å². The third-order valence-corrected chi connectivity index (χ3v) is 2.19. The summed E-state index contributed by atoms with van der Waals surface area (Å²) >= 11 is 0. The number of nitrogen functional groups attached to an aromatic ring is 1. The molecule has 0 bridgehead atoms. The minimum atomic E-state index is -0.383. The van der Waals surface area contributed by atoms with E-state index < -0.39 is 0 Å². The second kappa shape index (κ2) is 3.21. The second-order valence-corrected chi connectivity index (χ2v) is 3.26. The molecule has 3 N–H and O–H groups in total. The number of nitrogens with two attached hydrogens (primary N) is 1. The zero-order valence-corrected chi connectivity index (χ0v) is 7.91. The van der Waals surface area contributed by atoms with Crippen LogP contribution in [-0.4, -0.2) is 12.0 Å². The van der Waals surface area contributed by atoms with Gasteiger partial charge in [-0.05, 0) is 24.6 Å². The zero-order valence-electron chi connectivity index (χ0n) is 7.91. The fourth-order valence-corrected chi connectivity index (χ4v) is 1.44. The minimum Gasteiger partial charge on any atom is -0.478 e. The first-order chi connectivity index (χ1) is 6.70. The van der Waals surface area contributed by atoms with Gasteiger partial charge in [0.25, 0.3) is 5.91 Å². The first-order valence-corrected chi connectivity index (χ1v) is 4.57. The number of carbonyl (C=O) groups is 1. The summed E-state index contributed by atoms with van der Waals surface area (Å²) in [5, 5.41) is 2.76. The van der Waals surface area contributed by atoms with E-state index in [0.717, 1.165) is 0 Å². The van der Waals surface area contributed by atoms with Crippen molar-refractivity contribution in [2.45, 2.75) is 19.4 Å². The lowest BCUT2D eigenvalue weighted by molar-refractivity contribution is -0.123. The molecule has 0 saturated carbocycles. The number of fused-ring (bicyclic) bond motifs is 1. The molecule has 1 aliphatic rings. The Morgan fingerprint density at radius 3 is 3.07 bits per heavy atom. The fraction of sp³-hybridized carbons (Fsp3) is 0.300. The Morgan fingerprint density at radius 1 is 1.57 bits per heavy atom. The number of rotatable bonds is 1. The van der Waals surface area contributed by atoms with E-state index in [1.807, 2.05) is 6.92 Å². The smallest absolute Gasteiger partial charge is 0.265 e. The number of benzene rings is 1. The maximum absolute atomic E-state index is 11.4. The van der Waals surface area contributed by atoms with E-state index in [1.165, 1.54) is 0 Å². The van der Waals surface area contributed by atoms with Crippen LogP contribution in [0.4, 0.5) is 11.4 Å². The molecule has 0 aliphatic carbocycles. The molecule has 1 atom stereocenters. The maximum Gasteiger partial charge on any atom is 0.265 e. The molecule has 0 spiro atoms. The lowest BCUT2D eigenvalue weighted by atomic mass is 10.2. The van der Waals surface area contributed by atoms with Crippen molar-refractivity contribution in [1.82, 2.24) is 0 Å². The van der Waals surface area contributed by atoms with Gasteiger partial charge >= 0.3 is 0 Å². The van der Waals surface area contributed by atoms with Crippen LogP contribution in [0, 0.1) is 0 Å². The fourth-order valence-electron chi connectivity index (χ4n) is 1.44. The molecule has 2 rings (SSSR count). The number of hydrogen-bond acceptors (Lipinski definition) is 3. The van der Waals surface area contributed by atoms with Gasteiger partial charge in [0.15, 0.2) is 6.10 Å². The van der Waals surface area contributed by atoms with E-state index in [-0.39, 0.29) is 12.0 Å². The highest BCUT2D eigenvalue weighted by atomic mass is 16.5. The number of anilines is 2. The van der Waals surface area contributed by atoms with E-state index in [1.54, 1.807) is 18.2 Å². The van der Waals surface area contributed by atoms with Crippen molar-refractivity contribution in [2.75, 3.05) is 11.1 Å². The van der Waals surface area contributed by atoms with Crippen molar-refractivity contribution in [3.8, 4) is 5.75 Å². The number of nitrogens with one attached hydrogen (secondary N) is 1. The molecule has 14 heavy (non-hydrogen) atoms. The van der Waals surface area contributed by atoms with Crippen LogP contribution >= 0.6 is 0 Å². The van der Waals surface area contributed by atoms with Crippen LogP contribution in [0.5, 0.6) is 5.75 Å². The highest BCUT2D eigenvalue weighted by molar-refractivity contribution is 5.98. The van der Waals surface area contributed by atoms with Gasteiger partial charge in [0, 0.05) is 5.69 Å². The van der Waals surface area contributed by atoms with Crippen molar-refractivity contribution in [2.24, 2.45) is 0 Å². The average Bonchev–Trinajstić information content (AvgIpc) is 2.16. The van der Waals surface area contributed by atoms with E-state index >= 15 is 0 Å². The number of amides is 1. The molecule has 74 valence electrons. The third kappa shape index (κ3) is 1.39. The van der Waals surface area contributed by atoms with Gasteiger partial charge in [-0.3, -0.25) is 4.79 Å². The SMILES string of the molecule is CCC1Oc2ccc(N)cc2NC1=O. The molecule has 0 radical (unpaired) electrons. The van der Waals surface area contributed by atoms with Gasteiger partial charge in [0.2, 0.25) is 0 Å². The minimum absolute atomic E-state index is 0.106. The van der Waals surface area contributed by atoms with E-state index in [4.69, 9.17) is 10.5 Å². The lowest BCUT2D eigenvalue weighted by Gasteiger charge is -2.25. The zero-order chi connectivity index (χ0) is 10.1. The molecule has 4 heteroatoms. The summed E-state index contributed by atoms with van der Waals surface area (Å²) in [5.41, 5.74) is 6.85. The van der Waals surface area contributed by atoms with Crippen LogP contribution in [0.2, 0.25) is 0 Å². The molecular weight excluding hydrogens is 180 g/mol. The van der Waals surface area contributed by atoms with Gasteiger partial charge in [-0.1, -0.05) is 6.92 Å². The monoisotopic (exact) mass is 192 g/mol. The lowest BCUT2D eigenvalue weighted by Crippen LogP contribution is -2.36. The topological polar surface area (TPSA) is 64.3 Å². The normalized spacial score (nSPS) is 19.5. The van der Waals surface area contributed by atoms with Crippen molar-refractivity contribution in [3.05, 3.63) is 18.2 Å². The van der Waals surface area contributed by atoms with E-state index in [9.17, 15) is 4.79 Å². The first-order valence-electron chi connectivity index (χ1n) is 4.57. The van der Waals surface area contributed by atoms with E-state index in [0.29, 0.717) is 23.5 Å². The Morgan fingerprint density at radius 2 is 2.36 bits per heavy atom. The highest BCUT2D eigenvalue weighted by Crippen LogP contribution is 2.31. The summed E-state index contributed by atoms with van der Waals surface area (Å²) in [6.45, 7) is 1.91. The summed E-state index contributed by atoms with van der Waals surface area (Å²) < 4.78 is 5.48. The predicted octanol–water partition coefficient (Wildman–Crippen LogP) is 1.38. The van der Waals surface area contributed by atoms with Crippen molar-refractivity contribution >= 4 is 17.3 Å². The van der Waals surface area contributed by atoms with Gasteiger partial charge in [-0.15, -0.1) is 0 Å². The number of ether oxygens (including phenoxy) is 1. The summed E-state index contributed by atoms with van der Waals surface area (Å²) in [4.78, 5) is 11.4. The third-order valence-electron chi connectivity index (χ3n) is 2.19. The van der Waals surface area contributed by atoms with Gasteiger partial charge in [-0.25, -0.2) is 0 Å². The van der Waals surface area contributed by atoms with Gasteiger partial charge in [0.1, 0.15) is 5.75 Å². The molecule has 1 unspecified atom stereocenters. The van der Waals surface area contributed by atoms with E-state index in [2.05, 4.69) is 5.32 Å². The van der Waals surface area contributed by atoms with Gasteiger partial charge in [0.05, 0.1) is 5.69 Å². The molecule has 0 fully saturated rings. The van der Waals surface area contributed by atoms with Crippen LogP contribution in [-0.2, 0) is 4.79 Å². The largest absolute Gasteiger partial charge is 0.478 e. The average molecular weight is 192 g/mol. The Balaban J connectivity index is 2.35. The van der Waals surface area contributed by atoms with Crippen LogP contribution in [0.25, 0.3) is 0 Å². The Kier molecular flexibility index (Phi) is 2.04. The summed E-state index contributed by atoms with van der Waals surface area (Å²) in [7, 11) is 0. The summed E-state index contributed by atoms with van der Waals surface area (Å²) in [6, 6.07) is 5.22. The molecule has 1 amide bonds. The molecule has 0 saturated heterocycles. The van der Waals surface area contributed by atoms with Crippen molar-refractivity contribution in [3.63, 3.8) is 0 Å². The quantitative estimate of drug-likeness (QED) is 0.660. The summed E-state index contributed by atoms with van der Waals surface area (Å²) in [5.74, 6) is 0.580. The predicted molar refractivity (Wildman–Crippen MR) is 54.2 cm³/mol. The highest BCUT2D eigenvalue weighted by Gasteiger charge is 2.25. The van der Waals surface area contributed by atoms with Crippen molar-refractivity contribution < 1.29 is 9.53 Å². The van der Waals surface area contributed by atoms with Crippen LogP contribution in [0.1, 0.15) is 13.3 Å². The van der Waals surface area contributed by atoms with Crippen LogP contribution < -0.4 is 15.8 Å². The van der Waals surface area contributed by atoms with Crippen molar-refractivity contribution in [1.29, 1.82) is 0 Å². The number of carbonyl (C=O) groups excluding carboxylic acids is 1. The second-order valence-electron chi connectivity index (χ2n) is 3.26. The molecule has 4 nitrogen and oxygen atoms in total. The maximum atomic E-state index is 11.4. The first kappa shape index (κ1) is 8.87. The Labute approximate surface area is 82.1 Å². The van der Waals surface area contributed by atoms with Gasteiger partial charge < -0.3 is 15.8 Å².